The SMILES string of the molecule is NCc1ccc(CN2CCN(C(=O)O)CC2)s1. The van der Waals surface area contributed by atoms with Crippen LogP contribution in [0.5, 0.6) is 0 Å². The summed E-state index contributed by atoms with van der Waals surface area (Å²) in [5, 5.41) is 8.85. The summed E-state index contributed by atoms with van der Waals surface area (Å²) in [6, 6.07) is 4.17. The summed E-state index contributed by atoms with van der Waals surface area (Å²) < 4.78 is 0. The Bertz CT molecular complexity index is 386. The highest BCUT2D eigenvalue weighted by Gasteiger charge is 2.20. The van der Waals surface area contributed by atoms with Gasteiger partial charge in [0, 0.05) is 49.0 Å². The Morgan fingerprint density at radius 1 is 1.29 bits per heavy atom. The van der Waals surface area contributed by atoms with Crippen LogP contribution >= 0.6 is 11.3 Å². The molecule has 0 spiro atoms. The zero-order valence-electron chi connectivity index (χ0n) is 9.63. The number of carbonyl (C=O) groups is 1. The monoisotopic (exact) mass is 255 g/mol. The van der Waals surface area contributed by atoms with Crippen molar-refractivity contribution in [1.82, 2.24) is 9.80 Å². The number of amides is 1. The van der Waals surface area contributed by atoms with E-state index in [0.717, 1.165) is 19.6 Å². The van der Waals surface area contributed by atoms with Gasteiger partial charge in [0.25, 0.3) is 0 Å². The second-order valence-corrected chi connectivity index (χ2v) is 5.37. The first kappa shape index (κ1) is 12.3. The van der Waals surface area contributed by atoms with Crippen LogP contribution in [0.4, 0.5) is 4.79 Å². The van der Waals surface area contributed by atoms with Gasteiger partial charge in [0.05, 0.1) is 0 Å². The molecule has 94 valence electrons. The van der Waals surface area contributed by atoms with Crippen molar-refractivity contribution in [1.29, 1.82) is 0 Å². The van der Waals surface area contributed by atoms with Crippen LogP contribution in [0.25, 0.3) is 0 Å². The zero-order valence-corrected chi connectivity index (χ0v) is 10.4. The molecule has 2 rings (SSSR count). The minimum Gasteiger partial charge on any atom is -0.465 e. The number of hydrogen-bond acceptors (Lipinski definition) is 4. The molecule has 1 saturated heterocycles. The van der Waals surface area contributed by atoms with Gasteiger partial charge in [-0.05, 0) is 12.1 Å². The van der Waals surface area contributed by atoms with Crippen molar-refractivity contribution in [2.24, 2.45) is 5.73 Å². The average Bonchev–Trinajstić information content (AvgIpc) is 2.77. The highest BCUT2D eigenvalue weighted by atomic mass is 32.1. The minimum absolute atomic E-state index is 0.595. The number of nitrogens with zero attached hydrogens (tertiary/aromatic N) is 2. The number of piperazine rings is 1. The van der Waals surface area contributed by atoms with Crippen LogP contribution in [-0.2, 0) is 13.1 Å². The lowest BCUT2D eigenvalue weighted by Gasteiger charge is -2.32. The van der Waals surface area contributed by atoms with Gasteiger partial charge < -0.3 is 15.7 Å². The van der Waals surface area contributed by atoms with Crippen LogP contribution in [-0.4, -0.2) is 47.2 Å². The van der Waals surface area contributed by atoms with Crippen molar-refractivity contribution < 1.29 is 9.90 Å². The first-order valence-electron chi connectivity index (χ1n) is 5.67. The largest absolute Gasteiger partial charge is 0.465 e. The molecule has 1 aliphatic heterocycles. The van der Waals surface area contributed by atoms with E-state index in [4.69, 9.17) is 10.8 Å². The molecule has 1 amide bonds. The molecule has 0 atom stereocenters. The van der Waals surface area contributed by atoms with Gasteiger partial charge in [0.15, 0.2) is 0 Å². The number of nitrogens with two attached hydrogens (primary N) is 1. The molecule has 0 unspecified atom stereocenters. The molecule has 1 aliphatic rings. The Morgan fingerprint density at radius 2 is 1.94 bits per heavy atom. The van der Waals surface area contributed by atoms with E-state index in [2.05, 4.69) is 17.0 Å². The predicted molar refractivity (Wildman–Crippen MR) is 67.1 cm³/mol. The fourth-order valence-electron chi connectivity index (χ4n) is 1.93. The van der Waals surface area contributed by atoms with Crippen LogP contribution in [0.2, 0.25) is 0 Å². The molecule has 1 fully saturated rings. The fraction of sp³-hybridized carbons (Fsp3) is 0.545. The highest BCUT2D eigenvalue weighted by Crippen LogP contribution is 2.18. The summed E-state index contributed by atoms with van der Waals surface area (Å²) in [4.78, 5) is 17.0. The van der Waals surface area contributed by atoms with Crippen molar-refractivity contribution in [3.05, 3.63) is 21.9 Å². The van der Waals surface area contributed by atoms with Crippen molar-refractivity contribution in [2.75, 3.05) is 26.2 Å². The molecule has 0 aromatic carbocycles. The topological polar surface area (TPSA) is 69.8 Å². The number of rotatable bonds is 3. The lowest BCUT2D eigenvalue weighted by Crippen LogP contribution is -2.47. The molecule has 5 nitrogen and oxygen atoms in total. The summed E-state index contributed by atoms with van der Waals surface area (Å²) in [7, 11) is 0. The molecule has 6 heteroatoms. The van der Waals surface area contributed by atoms with Crippen LogP contribution in [0.3, 0.4) is 0 Å². The van der Waals surface area contributed by atoms with E-state index in [-0.39, 0.29) is 0 Å². The number of carboxylic acid groups (broad SMARTS) is 1. The maximum absolute atomic E-state index is 10.8. The number of hydrogen-bond donors (Lipinski definition) is 2. The molecule has 3 N–H and O–H groups in total. The van der Waals surface area contributed by atoms with Crippen molar-refractivity contribution in [2.45, 2.75) is 13.1 Å². The van der Waals surface area contributed by atoms with Crippen LogP contribution in [0.15, 0.2) is 12.1 Å². The fourth-order valence-corrected chi connectivity index (χ4v) is 2.87. The molecule has 0 saturated carbocycles. The van der Waals surface area contributed by atoms with Gasteiger partial charge in [0.1, 0.15) is 0 Å². The van der Waals surface area contributed by atoms with Gasteiger partial charge in [-0.2, -0.15) is 0 Å². The maximum atomic E-state index is 10.8. The summed E-state index contributed by atoms with van der Waals surface area (Å²) in [6.45, 7) is 4.31. The summed E-state index contributed by atoms with van der Waals surface area (Å²) >= 11 is 1.74. The molecule has 0 bridgehead atoms. The van der Waals surface area contributed by atoms with Gasteiger partial charge in [-0.15, -0.1) is 11.3 Å². The van der Waals surface area contributed by atoms with Crippen LogP contribution in [0.1, 0.15) is 9.75 Å². The lowest BCUT2D eigenvalue weighted by atomic mass is 10.3. The van der Waals surface area contributed by atoms with E-state index in [1.165, 1.54) is 14.7 Å². The predicted octanol–water partition coefficient (Wildman–Crippen LogP) is 1.00. The summed E-state index contributed by atoms with van der Waals surface area (Å²) in [6.07, 6.45) is -0.814. The Kier molecular flexibility index (Phi) is 3.98. The summed E-state index contributed by atoms with van der Waals surface area (Å²) in [5.74, 6) is 0. The number of thiophene rings is 1. The molecule has 0 aliphatic carbocycles. The van der Waals surface area contributed by atoms with Crippen molar-refractivity contribution in [3.8, 4) is 0 Å². The van der Waals surface area contributed by atoms with E-state index in [0.29, 0.717) is 19.6 Å². The molecule has 1 aromatic heterocycles. The standard InChI is InChI=1S/C11H17N3O2S/c12-7-9-1-2-10(17-9)8-13-3-5-14(6-4-13)11(15)16/h1-2H,3-8,12H2,(H,15,16). The molecule has 1 aromatic rings. The van der Waals surface area contributed by atoms with E-state index in [9.17, 15) is 4.79 Å². The second kappa shape index (κ2) is 5.48. The van der Waals surface area contributed by atoms with Gasteiger partial charge in [-0.3, -0.25) is 4.90 Å². The molecule has 0 radical (unpaired) electrons. The van der Waals surface area contributed by atoms with E-state index in [1.54, 1.807) is 11.3 Å². The Balaban J connectivity index is 1.83. The molecule has 17 heavy (non-hydrogen) atoms. The quantitative estimate of drug-likeness (QED) is 0.845. The van der Waals surface area contributed by atoms with Gasteiger partial charge in [-0.25, -0.2) is 4.79 Å². The third-order valence-electron chi connectivity index (χ3n) is 2.94. The first-order valence-corrected chi connectivity index (χ1v) is 6.48. The van der Waals surface area contributed by atoms with Crippen molar-refractivity contribution in [3.63, 3.8) is 0 Å². The third-order valence-corrected chi connectivity index (χ3v) is 4.03. The van der Waals surface area contributed by atoms with E-state index in [1.807, 2.05) is 0 Å². The van der Waals surface area contributed by atoms with Crippen LogP contribution in [0, 0.1) is 0 Å². The minimum atomic E-state index is -0.814. The maximum Gasteiger partial charge on any atom is 0.407 e. The molecule has 2 heterocycles. The third kappa shape index (κ3) is 3.18. The second-order valence-electron chi connectivity index (χ2n) is 4.12. The van der Waals surface area contributed by atoms with Gasteiger partial charge >= 0.3 is 6.09 Å². The van der Waals surface area contributed by atoms with Gasteiger partial charge in [0.2, 0.25) is 0 Å². The molecular formula is C11H17N3O2S. The average molecular weight is 255 g/mol. The van der Waals surface area contributed by atoms with Crippen LogP contribution < -0.4 is 5.73 Å². The molecular weight excluding hydrogens is 238 g/mol. The summed E-state index contributed by atoms with van der Waals surface area (Å²) in [5.41, 5.74) is 5.57. The van der Waals surface area contributed by atoms with Crippen molar-refractivity contribution >= 4 is 17.4 Å². The highest BCUT2D eigenvalue weighted by molar-refractivity contribution is 7.11. The normalized spacial score (nSPS) is 17.4. The zero-order chi connectivity index (χ0) is 12.3. The van der Waals surface area contributed by atoms with Gasteiger partial charge in [-0.1, -0.05) is 0 Å². The lowest BCUT2D eigenvalue weighted by molar-refractivity contribution is 0.103. The first-order chi connectivity index (χ1) is 8.19. The van der Waals surface area contributed by atoms with E-state index >= 15 is 0 Å². The van der Waals surface area contributed by atoms with E-state index < -0.39 is 6.09 Å². The Hall–Kier alpha value is -1.11. The Morgan fingerprint density at radius 3 is 2.47 bits per heavy atom. The Labute approximate surface area is 104 Å². The smallest absolute Gasteiger partial charge is 0.407 e.